The lowest BCUT2D eigenvalue weighted by molar-refractivity contribution is -0.118. The van der Waals surface area contributed by atoms with Crippen LogP contribution in [0.1, 0.15) is 17.8 Å². The molecule has 110 valence electrons. The van der Waals surface area contributed by atoms with Crippen molar-refractivity contribution in [3.63, 3.8) is 0 Å². The highest BCUT2D eigenvalue weighted by Crippen LogP contribution is 2.38. The Bertz CT molecular complexity index is 704. The third-order valence-corrected chi connectivity index (χ3v) is 5.28. The summed E-state index contributed by atoms with van der Waals surface area (Å²) in [5, 5.41) is 8.69. The smallest absolute Gasteiger partial charge is 0.262 e. The molecule has 2 N–H and O–H groups in total. The predicted octanol–water partition coefficient (Wildman–Crippen LogP) is 4.67. The number of ether oxygens (including phenoxy) is 1. The Labute approximate surface area is 139 Å². The molecule has 0 bridgehead atoms. The van der Waals surface area contributed by atoms with Gasteiger partial charge in [0.05, 0.1) is 22.4 Å². The van der Waals surface area contributed by atoms with Gasteiger partial charge in [-0.1, -0.05) is 11.6 Å². The number of benzene rings is 1. The molecule has 4 nitrogen and oxygen atoms in total. The molecule has 0 radical (unpaired) electrons. The molecular weight excluding hydrogens is 376 g/mol. The highest BCUT2D eigenvalue weighted by molar-refractivity contribution is 9.10. The monoisotopic (exact) mass is 386 g/mol. The maximum absolute atomic E-state index is 11.3. The Morgan fingerprint density at radius 3 is 3.00 bits per heavy atom. The van der Waals surface area contributed by atoms with Crippen molar-refractivity contribution in [2.45, 2.75) is 13.0 Å². The van der Waals surface area contributed by atoms with Crippen molar-refractivity contribution in [3.8, 4) is 5.75 Å². The van der Waals surface area contributed by atoms with Gasteiger partial charge in [0.2, 0.25) is 0 Å². The Hall–Kier alpha value is -1.24. The number of rotatable bonds is 3. The van der Waals surface area contributed by atoms with Gasteiger partial charge in [-0.15, -0.1) is 11.3 Å². The second-order valence-corrected chi connectivity index (χ2v) is 6.96. The first-order chi connectivity index (χ1) is 10.0. The quantitative estimate of drug-likeness (QED) is 0.805. The van der Waals surface area contributed by atoms with Crippen molar-refractivity contribution in [1.82, 2.24) is 0 Å². The Balaban J connectivity index is 1.84. The summed E-state index contributed by atoms with van der Waals surface area (Å²) in [6.07, 6.45) is 0. The Morgan fingerprint density at radius 1 is 1.48 bits per heavy atom. The van der Waals surface area contributed by atoms with E-state index < -0.39 is 0 Å². The van der Waals surface area contributed by atoms with Gasteiger partial charge in [-0.05, 0) is 35.0 Å². The lowest BCUT2D eigenvalue weighted by Crippen LogP contribution is -2.25. The molecule has 1 unspecified atom stereocenters. The van der Waals surface area contributed by atoms with Crippen LogP contribution in [0.2, 0.25) is 5.02 Å². The molecular formula is C14H12BrClN2O2S. The fourth-order valence-electron chi connectivity index (χ4n) is 2.07. The Morgan fingerprint density at radius 2 is 2.29 bits per heavy atom. The van der Waals surface area contributed by atoms with E-state index in [-0.39, 0.29) is 18.6 Å². The van der Waals surface area contributed by atoms with E-state index in [1.165, 1.54) is 4.88 Å². The zero-order valence-electron chi connectivity index (χ0n) is 11.1. The van der Waals surface area contributed by atoms with E-state index in [0.717, 1.165) is 10.2 Å². The van der Waals surface area contributed by atoms with Crippen LogP contribution in [-0.4, -0.2) is 12.5 Å². The molecule has 1 aliphatic heterocycles. The molecule has 1 atom stereocenters. The molecule has 0 fully saturated rings. The molecule has 1 aromatic heterocycles. The number of fused-ring (bicyclic) bond motifs is 1. The first-order valence-electron chi connectivity index (χ1n) is 6.29. The summed E-state index contributed by atoms with van der Waals surface area (Å²) in [5.41, 5.74) is 1.39. The van der Waals surface area contributed by atoms with Gasteiger partial charge in [-0.25, -0.2) is 0 Å². The summed E-state index contributed by atoms with van der Waals surface area (Å²) in [5.74, 6) is 0.456. The second kappa shape index (κ2) is 5.87. The van der Waals surface area contributed by atoms with Crippen molar-refractivity contribution in [2.75, 3.05) is 17.2 Å². The van der Waals surface area contributed by atoms with E-state index >= 15 is 0 Å². The van der Waals surface area contributed by atoms with Crippen LogP contribution in [0.3, 0.4) is 0 Å². The minimum absolute atomic E-state index is 0.0293. The normalized spacial score (nSPS) is 14.9. The third kappa shape index (κ3) is 3.17. The first-order valence-corrected chi connectivity index (χ1v) is 8.34. The number of carbonyl (C=O) groups excluding carboxylic acids is 1. The van der Waals surface area contributed by atoms with E-state index in [2.05, 4.69) is 39.6 Å². The van der Waals surface area contributed by atoms with Gasteiger partial charge in [0.25, 0.3) is 5.91 Å². The van der Waals surface area contributed by atoms with Crippen molar-refractivity contribution in [1.29, 1.82) is 0 Å². The second-order valence-electron chi connectivity index (χ2n) is 4.70. The SMILES string of the molecule is CC(Nc1cc2c(cc1Cl)NC(=O)CO2)c1cc(Br)cs1. The van der Waals surface area contributed by atoms with Crippen LogP contribution in [-0.2, 0) is 4.79 Å². The maximum Gasteiger partial charge on any atom is 0.262 e. The molecule has 1 amide bonds. The number of nitrogens with one attached hydrogen (secondary N) is 2. The number of hydrogen-bond acceptors (Lipinski definition) is 4. The highest BCUT2D eigenvalue weighted by atomic mass is 79.9. The fourth-order valence-corrected chi connectivity index (χ4v) is 3.74. The van der Waals surface area contributed by atoms with Crippen molar-refractivity contribution in [2.24, 2.45) is 0 Å². The van der Waals surface area contributed by atoms with Crippen molar-refractivity contribution in [3.05, 3.63) is 38.0 Å². The van der Waals surface area contributed by atoms with E-state index in [0.29, 0.717) is 16.5 Å². The van der Waals surface area contributed by atoms with E-state index in [9.17, 15) is 4.79 Å². The molecule has 2 aromatic rings. The largest absolute Gasteiger partial charge is 0.482 e. The molecule has 0 saturated carbocycles. The van der Waals surface area contributed by atoms with Crippen LogP contribution < -0.4 is 15.4 Å². The van der Waals surface area contributed by atoms with Gasteiger partial charge < -0.3 is 15.4 Å². The van der Waals surface area contributed by atoms with Crippen LogP contribution >= 0.6 is 38.9 Å². The lowest BCUT2D eigenvalue weighted by atomic mass is 10.2. The zero-order valence-corrected chi connectivity index (χ0v) is 14.2. The molecule has 0 aliphatic carbocycles. The van der Waals surface area contributed by atoms with E-state index in [1.807, 2.05) is 11.4 Å². The molecule has 3 rings (SSSR count). The van der Waals surface area contributed by atoms with Crippen LogP contribution in [0, 0.1) is 0 Å². The molecule has 7 heteroatoms. The molecule has 0 spiro atoms. The number of amides is 1. The Kier molecular flexibility index (Phi) is 4.10. The summed E-state index contributed by atoms with van der Waals surface area (Å²) in [7, 11) is 0. The average molecular weight is 388 g/mol. The van der Waals surface area contributed by atoms with Gasteiger partial charge in [0.15, 0.2) is 6.61 Å². The van der Waals surface area contributed by atoms with Crippen molar-refractivity contribution < 1.29 is 9.53 Å². The summed E-state index contributed by atoms with van der Waals surface area (Å²) in [4.78, 5) is 12.5. The van der Waals surface area contributed by atoms with Crippen LogP contribution in [0.15, 0.2) is 28.1 Å². The minimum Gasteiger partial charge on any atom is -0.482 e. The number of anilines is 2. The van der Waals surface area contributed by atoms with Crippen LogP contribution in [0.4, 0.5) is 11.4 Å². The first kappa shape index (κ1) is 14.7. The molecule has 2 heterocycles. The summed E-state index contributed by atoms with van der Waals surface area (Å²) in [6, 6.07) is 5.71. The van der Waals surface area contributed by atoms with Crippen LogP contribution in [0.25, 0.3) is 0 Å². The van der Waals surface area contributed by atoms with Gasteiger partial charge in [-0.3, -0.25) is 4.79 Å². The van der Waals surface area contributed by atoms with E-state index in [4.69, 9.17) is 16.3 Å². The van der Waals surface area contributed by atoms with Gasteiger partial charge in [-0.2, -0.15) is 0 Å². The molecule has 1 aromatic carbocycles. The maximum atomic E-state index is 11.3. The van der Waals surface area contributed by atoms with Crippen LogP contribution in [0.5, 0.6) is 5.75 Å². The van der Waals surface area contributed by atoms with Crippen molar-refractivity contribution >= 4 is 56.1 Å². The number of halogens is 2. The standard InChI is InChI=1S/C14H12BrClN2O2S/c1-7(13-2-8(15)6-21-13)17-10-4-12-11(3-9(10)16)18-14(19)5-20-12/h2-4,6-7,17H,5H2,1H3,(H,18,19). The van der Waals surface area contributed by atoms with Gasteiger partial charge in [0.1, 0.15) is 5.75 Å². The average Bonchev–Trinajstić information content (AvgIpc) is 2.86. The highest BCUT2D eigenvalue weighted by Gasteiger charge is 2.19. The topological polar surface area (TPSA) is 50.4 Å². The summed E-state index contributed by atoms with van der Waals surface area (Å²) < 4.78 is 6.48. The minimum atomic E-state index is -0.170. The zero-order chi connectivity index (χ0) is 15.0. The number of hydrogen-bond donors (Lipinski definition) is 2. The summed E-state index contributed by atoms with van der Waals surface area (Å²) in [6.45, 7) is 2.10. The van der Waals surface area contributed by atoms with E-state index in [1.54, 1.807) is 17.4 Å². The van der Waals surface area contributed by atoms with Gasteiger partial charge in [0, 0.05) is 20.8 Å². The molecule has 1 aliphatic rings. The van der Waals surface area contributed by atoms with Gasteiger partial charge >= 0.3 is 0 Å². The molecule has 21 heavy (non-hydrogen) atoms. The fraction of sp³-hybridized carbons (Fsp3) is 0.214. The number of carbonyl (C=O) groups is 1. The predicted molar refractivity (Wildman–Crippen MR) is 89.6 cm³/mol. The molecule has 0 saturated heterocycles. The lowest BCUT2D eigenvalue weighted by Gasteiger charge is -2.21. The third-order valence-electron chi connectivity index (χ3n) is 3.09. The summed E-state index contributed by atoms with van der Waals surface area (Å²) >= 11 is 11.4. The number of thiophene rings is 1.